The van der Waals surface area contributed by atoms with Crippen molar-refractivity contribution >= 4 is 5.97 Å². The number of carboxylic acids is 1. The molecule has 1 aromatic carbocycles. The van der Waals surface area contributed by atoms with Crippen LogP contribution in [-0.2, 0) is 18.3 Å². The monoisotopic (exact) mass is 274 g/mol. The molecule has 1 heterocycles. The molecule has 0 spiro atoms. The minimum atomic E-state index is -1.05. The number of carbonyl (C=O) groups is 1. The number of aromatic nitrogens is 2. The highest BCUT2D eigenvalue weighted by atomic mass is 16.5. The van der Waals surface area contributed by atoms with Crippen LogP contribution >= 0.6 is 0 Å². The van der Waals surface area contributed by atoms with E-state index in [1.54, 1.807) is 31.4 Å². The molecule has 0 fully saturated rings. The number of methoxy groups -OCH3 is 1. The van der Waals surface area contributed by atoms with Gasteiger partial charge < -0.3 is 9.84 Å². The summed E-state index contributed by atoms with van der Waals surface area (Å²) in [6, 6.07) is 8.67. The first-order chi connectivity index (χ1) is 9.51. The molecule has 0 saturated carbocycles. The Bertz CT molecular complexity index is 689. The van der Waals surface area contributed by atoms with Crippen molar-refractivity contribution in [3.8, 4) is 17.0 Å². The van der Waals surface area contributed by atoms with Crippen LogP contribution in [0.3, 0.4) is 0 Å². The van der Waals surface area contributed by atoms with E-state index in [2.05, 4.69) is 5.10 Å². The quantitative estimate of drug-likeness (QED) is 0.902. The van der Waals surface area contributed by atoms with E-state index in [0.717, 1.165) is 10.2 Å². The lowest BCUT2D eigenvalue weighted by Crippen LogP contribution is -2.25. The fourth-order valence-electron chi connectivity index (χ4n) is 1.86. The Morgan fingerprint density at radius 1 is 1.35 bits per heavy atom. The predicted octanol–water partition coefficient (Wildman–Crippen LogP) is 1.08. The van der Waals surface area contributed by atoms with Gasteiger partial charge in [-0.3, -0.25) is 9.59 Å². The molecule has 2 aromatic rings. The zero-order valence-corrected chi connectivity index (χ0v) is 11.2. The van der Waals surface area contributed by atoms with Crippen molar-refractivity contribution in [2.75, 3.05) is 7.11 Å². The first-order valence-electron chi connectivity index (χ1n) is 5.94. The van der Waals surface area contributed by atoms with Crippen LogP contribution < -0.4 is 10.3 Å². The largest absolute Gasteiger partial charge is 0.497 e. The number of benzene rings is 1. The molecule has 0 radical (unpaired) electrons. The van der Waals surface area contributed by atoms with Gasteiger partial charge in [0.15, 0.2) is 0 Å². The molecular weight excluding hydrogens is 260 g/mol. The third kappa shape index (κ3) is 2.85. The van der Waals surface area contributed by atoms with E-state index in [4.69, 9.17) is 9.84 Å². The van der Waals surface area contributed by atoms with Crippen LogP contribution in [0.5, 0.6) is 5.75 Å². The molecule has 0 bridgehead atoms. The van der Waals surface area contributed by atoms with E-state index < -0.39 is 11.5 Å². The highest BCUT2D eigenvalue weighted by Gasteiger charge is 2.11. The summed E-state index contributed by atoms with van der Waals surface area (Å²) in [7, 11) is 3.07. The number of hydrogen-bond acceptors (Lipinski definition) is 4. The number of ether oxygens (including phenoxy) is 1. The maximum Gasteiger partial charge on any atom is 0.308 e. The number of aliphatic carboxylic acids is 1. The van der Waals surface area contributed by atoms with Crippen molar-refractivity contribution in [3.05, 3.63) is 46.2 Å². The number of rotatable bonds is 4. The van der Waals surface area contributed by atoms with Gasteiger partial charge in [0.25, 0.3) is 5.56 Å². The van der Waals surface area contributed by atoms with Crippen molar-refractivity contribution in [3.63, 3.8) is 0 Å². The van der Waals surface area contributed by atoms with Crippen LogP contribution in [0.25, 0.3) is 11.3 Å². The van der Waals surface area contributed by atoms with E-state index in [1.165, 1.54) is 13.1 Å². The summed E-state index contributed by atoms with van der Waals surface area (Å²) < 4.78 is 6.22. The summed E-state index contributed by atoms with van der Waals surface area (Å²) in [5, 5.41) is 13.0. The van der Waals surface area contributed by atoms with E-state index in [-0.39, 0.29) is 12.0 Å². The number of nitrogens with zero attached hydrogens (tertiary/aromatic N) is 2. The van der Waals surface area contributed by atoms with Crippen LogP contribution in [-0.4, -0.2) is 28.0 Å². The molecule has 0 atom stereocenters. The lowest BCUT2D eigenvalue weighted by atomic mass is 10.1. The summed E-state index contributed by atoms with van der Waals surface area (Å²) >= 11 is 0. The van der Waals surface area contributed by atoms with Crippen LogP contribution in [0.2, 0.25) is 0 Å². The van der Waals surface area contributed by atoms with Crippen molar-refractivity contribution in [1.29, 1.82) is 0 Å². The van der Waals surface area contributed by atoms with Gasteiger partial charge in [0, 0.05) is 18.2 Å². The Morgan fingerprint density at radius 3 is 2.55 bits per heavy atom. The van der Waals surface area contributed by atoms with E-state index >= 15 is 0 Å². The lowest BCUT2D eigenvalue weighted by Gasteiger charge is -2.07. The fraction of sp³-hybridized carbons (Fsp3) is 0.214. The van der Waals surface area contributed by atoms with Gasteiger partial charge in [0.05, 0.1) is 19.2 Å². The van der Waals surface area contributed by atoms with Gasteiger partial charge in [-0.15, -0.1) is 0 Å². The Labute approximate surface area is 115 Å². The van der Waals surface area contributed by atoms with Gasteiger partial charge in [0.1, 0.15) is 5.75 Å². The Hall–Kier alpha value is -2.63. The fourth-order valence-corrected chi connectivity index (χ4v) is 1.86. The minimum Gasteiger partial charge on any atom is -0.497 e. The minimum absolute atomic E-state index is 0.209. The molecule has 0 saturated heterocycles. The van der Waals surface area contributed by atoms with Crippen LogP contribution in [0.4, 0.5) is 0 Å². The zero-order chi connectivity index (χ0) is 14.7. The second-order valence-corrected chi connectivity index (χ2v) is 4.28. The van der Waals surface area contributed by atoms with Crippen molar-refractivity contribution in [2.24, 2.45) is 7.05 Å². The van der Waals surface area contributed by atoms with Crippen LogP contribution in [0.1, 0.15) is 5.56 Å². The molecule has 0 amide bonds. The lowest BCUT2D eigenvalue weighted by molar-refractivity contribution is -0.136. The molecule has 20 heavy (non-hydrogen) atoms. The molecule has 2 rings (SSSR count). The maximum atomic E-state index is 11.8. The average Bonchev–Trinajstić information content (AvgIpc) is 2.43. The topological polar surface area (TPSA) is 81.4 Å². The van der Waals surface area contributed by atoms with Gasteiger partial charge >= 0.3 is 5.97 Å². The van der Waals surface area contributed by atoms with E-state index in [0.29, 0.717) is 11.4 Å². The van der Waals surface area contributed by atoms with Crippen LogP contribution in [0.15, 0.2) is 35.1 Å². The Balaban J connectivity index is 2.48. The molecule has 0 unspecified atom stereocenters. The summed E-state index contributed by atoms with van der Waals surface area (Å²) in [6.45, 7) is 0. The molecular formula is C14H14N2O4. The van der Waals surface area contributed by atoms with Crippen molar-refractivity contribution < 1.29 is 14.6 Å². The van der Waals surface area contributed by atoms with Gasteiger partial charge in [-0.25, -0.2) is 4.68 Å². The first kappa shape index (κ1) is 13.8. The molecule has 0 aliphatic rings. The second kappa shape index (κ2) is 5.56. The van der Waals surface area contributed by atoms with Crippen molar-refractivity contribution in [1.82, 2.24) is 9.78 Å². The Morgan fingerprint density at radius 2 is 2.00 bits per heavy atom. The van der Waals surface area contributed by atoms with Gasteiger partial charge in [-0.2, -0.15) is 5.10 Å². The van der Waals surface area contributed by atoms with E-state index in [1.807, 2.05) is 0 Å². The molecule has 1 aromatic heterocycles. The highest BCUT2D eigenvalue weighted by Crippen LogP contribution is 2.20. The normalized spacial score (nSPS) is 10.3. The SMILES string of the molecule is COc1ccc(-c2cc(CC(=O)O)c(=O)n(C)n2)cc1. The summed E-state index contributed by atoms with van der Waals surface area (Å²) in [5.74, 6) is -0.335. The summed E-state index contributed by atoms with van der Waals surface area (Å²) in [5.41, 5.74) is 1.14. The van der Waals surface area contributed by atoms with Crippen molar-refractivity contribution in [2.45, 2.75) is 6.42 Å². The second-order valence-electron chi connectivity index (χ2n) is 4.28. The molecule has 6 heteroatoms. The Kier molecular flexibility index (Phi) is 3.84. The number of aryl methyl sites for hydroxylation is 1. The molecule has 1 N–H and O–H groups in total. The van der Waals surface area contributed by atoms with Crippen LogP contribution in [0, 0.1) is 0 Å². The molecule has 6 nitrogen and oxygen atoms in total. The van der Waals surface area contributed by atoms with Gasteiger partial charge in [-0.05, 0) is 30.3 Å². The third-order valence-corrected chi connectivity index (χ3v) is 2.86. The average molecular weight is 274 g/mol. The number of hydrogen-bond donors (Lipinski definition) is 1. The predicted molar refractivity (Wildman–Crippen MR) is 72.8 cm³/mol. The summed E-state index contributed by atoms with van der Waals surface area (Å²) in [6.07, 6.45) is -0.321. The maximum absolute atomic E-state index is 11.8. The molecule has 0 aliphatic carbocycles. The molecule has 0 aliphatic heterocycles. The smallest absolute Gasteiger partial charge is 0.308 e. The molecule has 104 valence electrons. The first-order valence-corrected chi connectivity index (χ1v) is 5.94. The zero-order valence-electron chi connectivity index (χ0n) is 11.2. The summed E-state index contributed by atoms with van der Waals surface area (Å²) in [4.78, 5) is 22.6. The standard InChI is InChI=1S/C14H14N2O4/c1-16-14(19)10(8-13(17)18)7-12(15-16)9-3-5-11(20-2)6-4-9/h3-7H,8H2,1-2H3,(H,17,18). The highest BCUT2D eigenvalue weighted by molar-refractivity contribution is 5.71. The van der Waals surface area contributed by atoms with Gasteiger partial charge in [-0.1, -0.05) is 0 Å². The van der Waals surface area contributed by atoms with E-state index in [9.17, 15) is 9.59 Å². The third-order valence-electron chi connectivity index (χ3n) is 2.86. The van der Waals surface area contributed by atoms with Gasteiger partial charge in [0.2, 0.25) is 0 Å². The number of carboxylic acid groups (broad SMARTS) is 1.